The third-order valence-electron chi connectivity index (χ3n) is 2.55. The Balaban J connectivity index is 4.27. The minimum Gasteiger partial charge on any atom is -0.372 e. The van der Waals surface area contributed by atoms with E-state index in [9.17, 15) is 0 Å². The van der Waals surface area contributed by atoms with Crippen molar-refractivity contribution in [3.8, 4) is 0 Å². The first kappa shape index (κ1) is 14.6. The lowest BCUT2D eigenvalue weighted by Gasteiger charge is -2.25. The maximum absolute atomic E-state index is 3.79. The lowest BCUT2D eigenvalue weighted by Crippen LogP contribution is -2.28. The van der Waals surface area contributed by atoms with Crippen LogP contribution in [0.4, 0.5) is 0 Å². The van der Waals surface area contributed by atoms with E-state index in [1.807, 2.05) is 13.1 Å². The van der Waals surface area contributed by atoms with E-state index < -0.39 is 0 Å². The number of likely N-dealkylation sites (N-methyl/N-ethyl adjacent to an activating group) is 2. The van der Waals surface area contributed by atoms with Crippen molar-refractivity contribution in [1.82, 2.24) is 9.80 Å². The average Bonchev–Trinajstić information content (AvgIpc) is 2.31. The fraction of sp³-hybridized carbons (Fsp3) is 0.500. The van der Waals surface area contributed by atoms with Crippen molar-refractivity contribution in [2.75, 3.05) is 26.7 Å². The Labute approximate surface area is 100 Å². The summed E-state index contributed by atoms with van der Waals surface area (Å²) in [7, 11) is 2.08. The summed E-state index contributed by atoms with van der Waals surface area (Å²) in [6.07, 6.45) is 7.16. The third-order valence-corrected chi connectivity index (χ3v) is 2.55. The molecule has 0 aromatic heterocycles. The molecule has 0 aliphatic rings. The Morgan fingerprint density at radius 1 is 1.44 bits per heavy atom. The Hall–Kier alpha value is -1.40. The Morgan fingerprint density at radius 3 is 2.56 bits per heavy atom. The summed E-state index contributed by atoms with van der Waals surface area (Å²) >= 11 is 0. The van der Waals surface area contributed by atoms with Gasteiger partial charge in [-0.1, -0.05) is 25.3 Å². The minimum absolute atomic E-state index is 0.829. The highest BCUT2D eigenvalue weighted by Gasteiger charge is 2.05. The predicted molar refractivity (Wildman–Crippen MR) is 72.2 cm³/mol. The number of nitrogens with zero attached hydrogens (tertiary/aromatic N) is 2. The van der Waals surface area contributed by atoms with Gasteiger partial charge in [-0.15, -0.1) is 5.73 Å². The molecule has 0 aliphatic carbocycles. The van der Waals surface area contributed by atoms with Crippen molar-refractivity contribution in [3.05, 3.63) is 42.9 Å². The van der Waals surface area contributed by atoms with Gasteiger partial charge in [-0.25, -0.2) is 0 Å². The second-order valence-electron chi connectivity index (χ2n) is 3.65. The highest BCUT2D eigenvalue weighted by molar-refractivity contribution is 5.02. The number of hydrogen-bond donors (Lipinski definition) is 0. The Kier molecular flexibility index (Phi) is 8.10. The van der Waals surface area contributed by atoms with E-state index in [1.54, 1.807) is 0 Å². The summed E-state index contributed by atoms with van der Waals surface area (Å²) in [5.74, 6) is 0. The van der Waals surface area contributed by atoms with Gasteiger partial charge in [0.05, 0.1) is 12.2 Å². The predicted octanol–water partition coefficient (Wildman–Crippen LogP) is 3.02. The van der Waals surface area contributed by atoms with Crippen molar-refractivity contribution in [2.24, 2.45) is 0 Å². The molecule has 0 amide bonds. The Bertz CT molecular complexity index is 272. The zero-order valence-corrected chi connectivity index (χ0v) is 10.9. The summed E-state index contributed by atoms with van der Waals surface area (Å²) in [5.41, 5.74) is 4.12. The first-order chi connectivity index (χ1) is 7.69. The number of hydrogen-bond acceptors (Lipinski definition) is 2. The second-order valence-corrected chi connectivity index (χ2v) is 3.65. The molecule has 0 N–H and O–H groups in total. The van der Waals surface area contributed by atoms with Crippen LogP contribution in [0.3, 0.4) is 0 Å². The summed E-state index contributed by atoms with van der Waals surface area (Å²) in [6, 6.07) is 0. The first-order valence-corrected chi connectivity index (χ1v) is 5.77. The molecule has 0 rings (SSSR count). The molecule has 0 saturated heterocycles. The molecular weight excluding hydrogens is 196 g/mol. The highest BCUT2D eigenvalue weighted by atomic mass is 15.2. The SMILES string of the molecule is C=C=C(CN(C=C)CC)N(C)CC/C=C\C. The highest BCUT2D eigenvalue weighted by Crippen LogP contribution is 2.04. The standard InChI is InChI=1S/C14H24N2/c1-6-10-11-12-15(5)14(7-2)13-16(8-3)9-4/h6,8,10H,2-3,9,11-13H2,1,4-5H3/b10-6-. The fourth-order valence-electron chi connectivity index (χ4n) is 1.38. The van der Waals surface area contributed by atoms with E-state index in [4.69, 9.17) is 0 Å². The smallest absolute Gasteiger partial charge is 0.0752 e. The molecule has 0 fully saturated rings. The second kappa shape index (κ2) is 8.87. The molecule has 90 valence electrons. The van der Waals surface area contributed by atoms with Gasteiger partial charge in [0.1, 0.15) is 0 Å². The Morgan fingerprint density at radius 2 is 2.12 bits per heavy atom. The molecule has 0 aromatic carbocycles. The van der Waals surface area contributed by atoms with E-state index in [2.05, 4.69) is 54.8 Å². The minimum atomic E-state index is 0.829. The van der Waals surface area contributed by atoms with E-state index in [0.717, 1.165) is 31.8 Å². The van der Waals surface area contributed by atoms with Crippen LogP contribution in [-0.2, 0) is 0 Å². The van der Waals surface area contributed by atoms with Crippen molar-refractivity contribution in [2.45, 2.75) is 20.3 Å². The van der Waals surface area contributed by atoms with Crippen molar-refractivity contribution < 1.29 is 0 Å². The summed E-state index contributed by atoms with van der Waals surface area (Å²) in [6.45, 7) is 14.5. The number of allylic oxidation sites excluding steroid dienone is 1. The van der Waals surface area contributed by atoms with Gasteiger partial charge in [0.2, 0.25) is 0 Å². The molecule has 0 heterocycles. The van der Waals surface area contributed by atoms with Crippen molar-refractivity contribution in [3.63, 3.8) is 0 Å². The zero-order chi connectivity index (χ0) is 12.4. The molecule has 0 atom stereocenters. The lowest BCUT2D eigenvalue weighted by molar-refractivity contribution is 0.346. The molecule has 16 heavy (non-hydrogen) atoms. The van der Waals surface area contributed by atoms with Crippen LogP contribution in [0.1, 0.15) is 20.3 Å². The van der Waals surface area contributed by atoms with E-state index in [1.165, 1.54) is 0 Å². The van der Waals surface area contributed by atoms with Crippen LogP contribution in [0.25, 0.3) is 0 Å². The molecule has 0 aromatic rings. The van der Waals surface area contributed by atoms with Crippen LogP contribution < -0.4 is 0 Å². The van der Waals surface area contributed by atoms with Crippen LogP contribution in [0, 0.1) is 0 Å². The molecule has 0 aliphatic heterocycles. The van der Waals surface area contributed by atoms with Crippen LogP contribution in [0.5, 0.6) is 0 Å². The van der Waals surface area contributed by atoms with Gasteiger partial charge >= 0.3 is 0 Å². The van der Waals surface area contributed by atoms with Gasteiger partial charge < -0.3 is 9.80 Å². The summed E-state index contributed by atoms with van der Waals surface area (Å²) in [5, 5.41) is 0. The average molecular weight is 220 g/mol. The van der Waals surface area contributed by atoms with Gasteiger partial charge in [-0.3, -0.25) is 0 Å². The maximum Gasteiger partial charge on any atom is 0.0752 e. The zero-order valence-electron chi connectivity index (χ0n) is 10.9. The normalized spacial score (nSPS) is 9.94. The van der Waals surface area contributed by atoms with Gasteiger partial charge in [0.15, 0.2) is 0 Å². The summed E-state index contributed by atoms with van der Waals surface area (Å²) in [4.78, 5) is 4.33. The molecule has 0 bridgehead atoms. The molecule has 2 heteroatoms. The van der Waals surface area contributed by atoms with Crippen LogP contribution in [-0.4, -0.2) is 36.5 Å². The third kappa shape index (κ3) is 5.47. The van der Waals surface area contributed by atoms with E-state index in [0.29, 0.717) is 0 Å². The van der Waals surface area contributed by atoms with Gasteiger partial charge in [-0.05, 0) is 26.5 Å². The number of rotatable bonds is 8. The first-order valence-electron chi connectivity index (χ1n) is 5.77. The van der Waals surface area contributed by atoms with Gasteiger partial charge in [0.25, 0.3) is 0 Å². The van der Waals surface area contributed by atoms with Crippen LogP contribution >= 0.6 is 0 Å². The molecule has 0 radical (unpaired) electrons. The van der Waals surface area contributed by atoms with Crippen molar-refractivity contribution >= 4 is 0 Å². The molecule has 0 unspecified atom stereocenters. The largest absolute Gasteiger partial charge is 0.372 e. The van der Waals surface area contributed by atoms with E-state index in [-0.39, 0.29) is 0 Å². The summed E-state index contributed by atoms with van der Waals surface area (Å²) < 4.78 is 0. The quantitative estimate of drug-likeness (QED) is 0.458. The van der Waals surface area contributed by atoms with Crippen LogP contribution in [0.15, 0.2) is 42.9 Å². The van der Waals surface area contributed by atoms with Crippen LogP contribution in [0.2, 0.25) is 0 Å². The monoisotopic (exact) mass is 220 g/mol. The topological polar surface area (TPSA) is 6.48 Å². The molecule has 0 spiro atoms. The van der Waals surface area contributed by atoms with E-state index >= 15 is 0 Å². The molecule has 2 nitrogen and oxygen atoms in total. The molecule has 0 saturated carbocycles. The lowest BCUT2D eigenvalue weighted by atomic mass is 10.3. The molecular formula is C14H24N2. The van der Waals surface area contributed by atoms with Gasteiger partial charge in [0, 0.05) is 20.1 Å². The van der Waals surface area contributed by atoms with Gasteiger partial charge in [-0.2, -0.15) is 0 Å². The fourth-order valence-corrected chi connectivity index (χ4v) is 1.38. The maximum atomic E-state index is 3.79. The van der Waals surface area contributed by atoms with Crippen molar-refractivity contribution in [1.29, 1.82) is 0 Å².